The summed E-state index contributed by atoms with van der Waals surface area (Å²) in [6, 6.07) is 2.37. The first-order valence-corrected chi connectivity index (χ1v) is 10.7. The summed E-state index contributed by atoms with van der Waals surface area (Å²) in [5.41, 5.74) is 1.24. The van der Waals surface area contributed by atoms with E-state index in [2.05, 4.69) is 20.4 Å². The van der Waals surface area contributed by atoms with Gasteiger partial charge in [-0.2, -0.15) is 18.3 Å². The number of hydrogen-bond donors (Lipinski definition) is 1. The van der Waals surface area contributed by atoms with E-state index in [9.17, 15) is 18.0 Å². The molecule has 1 fully saturated rings. The second-order valence-electron chi connectivity index (χ2n) is 8.56. The predicted molar refractivity (Wildman–Crippen MR) is 115 cm³/mol. The number of alkyl halides is 3. The van der Waals surface area contributed by atoms with Crippen LogP contribution >= 0.6 is 0 Å². The first kappa shape index (κ1) is 22.3. The molecule has 0 radical (unpaired) electrons. The van der Waals surface area contributed by atoms with Crippen molar-refractivity contribution in [3.05, 3.63) is 59.1 Å². The molecule has 5 heterocycles. The van der Waals surface area contributed by atoms with Gasteiger partial charge >= 0.3 is 6.18 Å². The zero-order chi connectivity index (χ0) is 24.1. The van der Waals surface area contributed by atoms with Crippen LogP contribution in [0.3, 0.4) is 0 Å². The molecule has 12 heteroatoms. The quantitative estimate of drug-likeness (QED) is 0.608. The summed E-state index contributed by atoms with van der Waals surface area (Å²) < 4.78 is 45.0. The van der Waals surface area contributed by atoms with Gasteiger partial charge in [0.15, 0.2) is 11.4 Å². The normalized spacial score (nSPS) is 16.9. The Balaban J connectivity index is 1.26. The molecular weight excluding hydrogens is 451 g/mol. The SMILES string of the molecule is Cc1nc(CCc2cnn(Cc3ccc(C(F)(F)F)nc3)c2)nc2c1NC(=O)C1(COC1)N2C. The topological polar surface area (TPSA) is 98.1 Å². The number of nitrogens with zero attached hydrogens (tertiary/aromatic N) is 6. The lowest BCUT2D eigenvalue weighted by molar-refractivity contribution is -0.141. The van der Waals surface area contributed by atoms with Crippen LogP contribution in [0.5, 0.6) is 0 Å². The molecule has 178 valence electrons. The van der Waals surface area contributed by atoms with Crippen molar-refractivity contribution in [1.29, 1.82) is 0 Å². The molecule has 34 heavy (non-hydrogen) atoms. The van der Waals surface area contributed by atoms with Crippen molar-refractivity contribution >= 4 is 17.4 Å². The third-order valence-corrected chi connectivity index (χ3v) is 6.20. The number of halogens is 3. The smallest absolute Gasteiger partial charge is 0.375 e. The second kappa shape index (κ2) is 8.05. The average Bonchev–Trinajstić information content (AvgIpc) is 3.19. The Morgan fingerprint density at radius 2 is 1.94 bits per heavy atom. The third kappa shape index (κ3) is 3.87. The van der Waals surface area contributed by atoms with Crippen molar-refractivity contribution in [2.75, 3.05) is 30.5 Å². The van der Waals surface area contributed by atoms with Gasteiger partial charge in [0.2, 0.25) is 0 Å². The largest absolute Gasteiger partial charge is 0.433 e. The zero-order valence-corrected chi connectivity index (χ0v) is 18.6. The maximum Gasteiger partial charge on any atom is 0.433 e. The van der Waals surface area contributed by atoms with Gasteiger partial charge in [0.25, 0.3) is 5.91 Å². The van der Waals surface area contributed by atoms with Gasteiger partial charge in [-0.25, -0.2) is 9.97 Å². The van der Waals surface area contributed by atoms with Crippen molar-refractivity contribution < 1.29 is 22.7 Å². The van der Waals surface area contributed by atoms with Crippen molar-refractivity contribution in [1.82, 2.24) is 24.7 Å². The number of carbonyl (C=O) groups excluding carboxylic acids is 1. The lowest BCUT2D eigenvalue weighted by atomic mass is 9.91. The molecule has 0 saturated carbocycles. The van der Waals surface area contributed by atoms with Crippen LogP contribution in [-0.4, -0.2) is 56.4 Å². The van der Waals surface area contributed by atoms with Crippen LogP contribution in [-0.2, 0) is 35.1 Å². The highest BCUT2D eigenvalue weighted by atomic mass is 19.4. The standard InChI is InChI=1S/C22H22F3N7O2/c1-13-18-19(31(2)21(11-34-12-21)20(33)30-18)29-17(28-13)6-4-15-8-27-32(10-15)9-14-3-5-16(26-7-14)22(23,24)25/h3,5,7-8,10H,4,6,9,11-12H2,1-2H3,(H,30,33). The average molecular weight is 473 g/mol. The Morgan fingerprint density at radius 3 is 2.59 bits per heavy atom. The van der Waals surface area contributed by atoms with Gasteiger partial charge < -0.3 is 15.0 Å². The van der Waals surface area contributed by atoms with Crippen LogP contribution in [0.4, 0.5) is 24.7 Å². The summed E-state index contributed by atoms with van der Waals surface area (Å²) in [4.78, 5) is 27.2. The molecule has 0 aromatic carbocycles. The molecule has 0 bridgehead atoms. The van der Waals surface area contributed by atoms with Gasteiger partial charge in [-0.15, -0.1) is 0 Å². The van der Waals surface area contributed by atoms with E-state index in [1.165, 1.54) is 12.3 Å². The summed E-state index contributed by atoms with van der Waals surface area (Å²) in [6.45, 7) is 2.79. The number of nitrogens with one attached hydrogen (secondary N) is 1. The minimum Gasteiger partial charge on any atom is -0.375 e. The Bertz CT molecular complexity index is 1240. The molecule has 3 aromatic rings. The number of aryl methyl sites for hydroxylation is 3. The Morgan fingerprint density at radius 1 is 1.15 bits per heavy atom. The van der Waals surface area contributed by atoms with Crippen LogP contribution in [0.1, 0.15) is 28.3 Å². The van der Waals surface area contributed by atoms with E-state index in [1.54, 1.807) is 10.9 Å². The molecule has 0 atom stereocenters. The highest BCUT2D eigenvalue weighted by Crippen LogP contribution is 2.39. The minimum absolute atomic E-state index is 0.108. The minimum atomic E-state index is -4.46. The molecular formula is C22H22F3N7O2. The first-order chi connectivity index (χ1) is 16.2. The van der Waals surface area contributed by atoms with Crippen molar-refractivity contribution in [2.45, 2.75) is 38.0 Å². The highest BCUT2D eigenvalue weighted by Gasteiger charge is 2.53. The fourth-order valence-corrected chi connectivity index (χ4v) is 4.07. The molecule has 1 spiro atoms. The molecule has 2 aliphatic heterocycles. The first-order valence-electron chi connectivity index (χ1n) is 10.7. The fourth-order valence-electron chi connectivity index (χ4n) is 4.07. The van der Waals surface area contributed by atoms with E-state index in [-0.39, 0.29) is 5.91 Å². The number of rotatable bonds is 5. The number of amides is 1. The number of carbonyl (C=O) groups is 1. The van der Waals surface area contributed by atoms with Crippen LogP contribution in [0, 0.1) is 6.92 Å². The zero-order valence-electron chi connectivity index (χ0n) is 18.6. The van der Waals surface area contributed by atoms with Crippen molar-refractivity contribution in [2.24, 2.45) is 0 Å². The molecule has 1 N–H and O–H groups in total. The number of hydrogen-bond acceptors (Lipinski definition) is 7. The van der Waals surface area contributed by atoms with Gasteiger partial charge in [0, 0.05) is 25.9 Å². The van der Waals surface area contributed by atoms with Gasteiger partial charge in [-0.1, -0.05) is 6.07 Å². The molecule has 5 rings (SSSR count). The number of ether oxygens (including phenoxy) is 1. The van der Waals surface area contributed by atoms with Gasteiger partial charge in [-0.05, 0) is 30.5 Å². The molecule has 9 nitrogen and oxygen atoms in total. The number of likely N-dealkylation sites (N-methyl/N-ethyl adjacent to an activating group) is 1. The van der Waals surface area contributed by atoms with E-state index >= 15 is 0 Å². The number of aromatic nitrogens is 5. The highest BCUT2D eigenvalue weighted by molar-refractivity contribution is 6.07. The number of fused-ring (bicyclic) bond motifs is 1. The van der Waals surface area contributed by atoms with E-state index < -0.39 is 17.4 Å². The third-order valence-electron chi connectivity index (χ3n) is 6.20. The Labute approximate surface area is 193 Å². The number of pyridine rings is 1. The molecule has 1 amide bonds. The van der Waals surface area contributed by atoms with Gasteiger partial charge in [0.1, 0.15) is 17.2 Å². The second-order valence-corrected chi connectivity index (χ2v) is 8.56. The van der Waals surface area contributed by atoms with Crippen LogP contribution in [0.15, 0.2) is 30.7 Å². The van der Waals surface area contributed by atoms with Gasteiger partial charge in [0.05, 0.1) is 31.6 Å². The maximum atomic E-state index is 12.7. The summed E-state index contributed by atoms with van der Waals surface area (Å²) in [5, 5.41) is 7.22. The molecule has 0 unspecified atom stereocenters. The predicted octanol–water partition coefficient (Wildman–Crippen LogP) is 2.39. The lowest BCUT2D eigenvalue weighted by Gasteiger charge is -2.49. The summed E-state index contributed by atoms with van der Waals surface area (Å²) in [5.74, 6) is 1.22. The van der Waals surface area contributed by atoms with Gasteiger partial charge in [-0.3, -0.25) is 14.5 Å². The Hall–Kier alpha value is -3.54. The molecule has 3 aromatic heterocycles. The number of anilines is 2. The van der Waals surface area contributed by atoms with E-state index in [4.69, 9.17) is 9.72 Å². The summed E-state index contributed by atoms with van der Waals surface area (Å²) in [6.07, 6.45) is 1.51. The maximum absolute atomic E-state index is 12.7. The van der Waals surface area contributed by atoms with Crippen molar-refractivity contribution in [3.63, 3.8) is 0 Å². The Kier molecular flexibility index (Phi) is 5.27. The summed E-state index contributed by atoms with van der Waals surface area (Å²) in [7, 11) is 1.84. The van der Waals surface area contributed by atoms with Crippen molar-refractivity contribution in [3.8, 4) is 0 Å². The van der Waals surface area contributed by atoms with Crippen LogP contribution in [0.25, 0.3) is 0 Å². The monoisotopic (exact) mass is 473 g/mol. The lowest BCUT2D eigenvalue weighted by Crippen LogP contribution is -2.70. The van der Waals surface area contributed by atoms with E-state index in [0.29, 0.717) is 61.2 Å². The fraction of sp³-hybridized carbons (Fsp3) is 0.409. The van der Waals surface area contributed by atoms with E-state index in [0.717, 1.165) is 11.6 Å². The molecule has 1 saturated heterocycles. The molecule has 2 aliphatic rings. The summed E-state index contributed by atoms with van der Waals surface area (Å²) >= 11 is 0. The molecule has 0 aliphatic carbocycles. The van der Waals surface area contributed by atoms with Crippen LogP contribution in [0.2, 0.25) is 0 Å². The van der Waals surface area contributed by atoms with E-state index in [1.807, 2.05) is 25.1 Å². The van der Waals surface area contributed by atoms with Crippen LogP contribution < -0.4 is 10.2 Å².